The van der Waals surface area contributed by atoms with E-state index in [9.17, 15) is 0 Å². The highest BCUT2D eigenvalue weighted by Crippen LogP contribution is 2.36. The summed E-state index contributed by atoms with van der Waals surface area (Å²) < 4.78 is 26.3. The number of nitrogens with zero attached hydrogens (tertiary/aromatic N) is 3. The van der Waals surface area contributed by atoms with Crippen molar-refractivity contribution in [3.8, 4) is 23.0 Å². The standard InChI is InChI=1S/C20H13Cl2FN4O2/c21-13-8-14(24)10-15(9-13)28-19-16(22)2-1-12(18(19)23)7-17-26-27-20(29-17)11-3-5-25-6-4-11/h1-6,8-10H,7,24H2. The summed E-state index contributed by atoms with van der Waals surface area (Å²) in [7, 11) is 0. The summed E-state index contributed by atoms with van der Waals surface area (Å²) in [6.07, 6.45) is 3.30. The van der Waals surface area contributed by atoms with E-state index in [2.05, 4.69) is 15.2 Å². The molecule has 146 valence electrons. The number of halogens is 3. The minimum Gasteiger partial charge on any atom is -0.453 e. The molecule has 4 rings (SSSR count). The summed E-state index contributed by atoms with van der Waals surface area (Å²) >= 11 is 12.1. The van der Waals surface area contributed by atoms with Crippen molar-refractivity contribution < 1.29 is 13.5 Å². The molecule has 9 heteroatoms. The van der Waals surface area contributed by atoms with Crippen molar-refractivity contribution in [2.24, 2.45) is 0 Å². The number of benzene rings is 2. The average Bonchev–Trinajstić information content (AvgIpc) is 3.16. The molecule has 0 saturated heterocycles. The van der Waals surface area contributed by atoms with Gasteiger partial charge in [0.2, 0.25) is 11.8 Å². The number of ether oxygens (including phenoxy) is 1. The molecule has 0 fully saturated rings. The maximum Gasteiger partial charge on any atom is 0.247 e. The number of rotatable bonds is 5. The van der Waals surface area contributed by atoms with Gasteiger partial charge in [-0.15, -0.1) is 10.2 Å². The van der Waals surface area contributed by atoms with Crippen LogP contribution in [0.3, 0.4) is 0 Å². The van der Waals surface area contributed by atoms with E-state index in [4.69, 9.17) is 38.1 Å². The lowest BCUT2D eigenvalue weighted by atomic mass is 10.1. The third-order valence-electron chi connectivity index (χ3n) is 3.98. The van der Waals surface area contributed by atoms with E-state index < -0.39 is 5.82 Å². The van der Waals surface area contributed by atoms with Crippen LogP contribution in [0, 0.1) is 5.82 Å². The number of hydrogen-bond donors (Lipinski definition) is 1. The fraction of sp³-hybridized carbons (Fsp3) is 0.0500. The molecule has 0 atom stereocenters. The largest absolute Gasteiger partial charge is 0.453 e. The van der Waals surface area contributed by atoms with Crippen LogP contribution in [0.15, 0.2) is 59.3 Å². The van der Waals surface area contributed by atoms with Crippen molar-refractivity contribution in [2.45, 2.75) is 6.42 Å². The molecule has 0 aliphatic heterocycles. The normalized spacial score (nSPS) is 10.9. The molecule has 2 aromatic carbocycles. The third kappa shape index (κ3) is 4.31. The number of aromatic nitrogens is 3. The molecule has 0 unspecified atom stereocenters. The number of anilines is 1. The quantitative estimate of drug-likeness (QED) is 0.418. The topological polar surface area (TPSA) is 87.1 Å². The number of pyridine rings is 1. The van der Waals surface area contributed by atoms with Gasteiger partial charge >= 0.3 is 0 Å². The van der Waals surface area contributed by atoms with Crippen LogP contribution in [-0.4, -0.2) is 15.2 Å². The molecular weight excluding hydrogens is 418 g/mol. The van der Waals surface area contributed by atoms with Crippen LogP contribution in [0.2, 0.25) is 10.0 Å². The Morgan fingerprint density at radius 2 is 1.83 bits per heavy atom. The molecule has 2 aromatic heterocycles. The van der Waals surface area contributed by atoms with Gasteiger partial charge in [-0.3, -0.25) is 4.98 Å². The van der Waals surface area contributed by atoms with Gasteiger partial charge in [-0.2, -0.15) is 0 Å². The van der Waals surface area contributed by atoms with E-state index in [1.807, 2.05) is 0 Å². The summed E-state index contributed by atoms with van der Waals surface area (Å²) in [6.45, 7) is 0. The van der Waals surface area contributed by atoms with E-state index in [1.165, 1.54) is 24.3 Å². The monoisotopic (exact) mass is 430 g/mol. The van der Waals surface area contributed by atoms with Gasteiger partial charge in [-0.25, -0.2) is 4.39 Å². The Bertz CT molecular complexity index is 1150. The molecule has 0 amide bonds. The first-order valence-electron chi connectivity index (χ1n) is 8.43. The van der Waals surface area contributed by atoms with Gasteiger partial charge in [0.15, 0.2) is 11.6 Å². The fourth-order valence-corrected chi connectivity index (χ4v) is 3.08. The molecule has 2 N–H and O–H groups in total. The van der Waals surface area contributed by atoms with Crippen molar-refractivity contribution in [2.75, 3.05) is 5.73 Å². The average molecular weight is 431 g/mol. The molecule has 4 aromatic rings. The third-order valence-corrected chi connectivity index (χ3v) is 4.49. The zero-order valence-electron chi connectivity index (χ0n) is 14.8. The van der Waals surface area contributed by atoms with Crippen LogP contribution in [0.1, 0.15) is 11.5 Å². The second kappa shape index (κ2) is 8.06. The van der Waals surface area contributed by atoms with Crippen LogP contribution in [0.4, 0.5) is 10.1 Å². The Morgan fingerprint density at radius 1 is 1.03 bits per heavy atom. The molecule has 6 nitrogen and oxygen atoms in total. The predicted molar refractivity (Wildman–Crippen MR) is 108 cm³/mol. The number of nitrogens with two attached hydrogens (primary N) is 1. The van der Waals surface area contributed by atoms with Crippen LogP contribution < -0.4 is 10.5 Å². The smallest absolute Gasteiger partial charge is 0.247 e. The van der Waals surface area contributed by atoms with Gasteiger partial charge in [0, 0.05) is 40.3 Å². The van der Waals surface area contributed by atoms with Gasteiger partial charge in [0.25, 0.3) is 0 Å². The molecule has 0 bridgehead atoms. The highest BCUT2D eigenvalue weighted by molar-refractivity contribution is 6.32. The molecule has 0 saturated carbocycles. The van der Waals surface area contributed by atoms with E-state index in [0.29, 0.717) is 16.6 Å². The zero-order valence-corrected chi connectivity index (χ0v) is 16.3. The Hall–Kier alpha value is -3.16. The summed E-state index contributed by atoms with van der Waals surface area (Å²) in [5.74, 6) is 0.0590. The first-order valence-corrected chi connectivity index (χ1v) is 9.19. The molecule has 2 heterocycles. The maximum absolute atomic E-state index is 15.1. The molecule has 0 radical (unpaired) electrons. The van der Waals surface area contributed by atoms with Gasteiger partial charge in [0.05, 0.1) is 11.4 Å². The van der Waals surface area contributed by atoms with Crippen molar-refractivity contribution in [3.05, 3.63) is 82.2 Å². The summed E-state index contributed by atoms with van der Waals surface area (Å²) in [5.41, 5.74) is 7.13. The summed E-state index contributed by atoms with van der Waals surface area (Å²) in [5, 5.41) is 8.43. The van der Waals surface area contributed by atoms with Gasteiger partial charge in [0.1, 0.15) is 5.75 Å². The molecule has 29 heavy (non-hydrogen) atoms. The first-order chi connectivity index (χ1) is 14.0. The fourth-order valence-electron chi connectivity index (χ4n) is 2.66. The highest BCUT2D eigenvalue weighted by Gasteiger charge is 2.18. The van der Waals surface area contributed by atoms with Crippen molar-refractivity contribution in [3.63, 3.8) is 0 Å². The van der Waals surface area contributed by atoms with Crippen molar-refractivity contribution in [1.29, 1.82) is 0 Å². The first kappa shape index (κ1) is 19.2. The molecule has 0 aliphatic rings. The second-order valence-electron chi connectivity index (χ2n) is 6.09. The Labute approximate surface area is 175 Å². The SMILES string of the molecule is Nc1cc(Cl)cc(Oc2c(Cl)ccc(Cc3nnc(-c4ccncc4)o3)c2F)c1. The highest BCUT2D eigenvalue weighted by atomic mass is 35.5. The van der Waals surface area contributed by atoms with E-state index in [1.54, 1.807) is 30.6 Å². The summed E-state index contributed by atoms with van der Waals surface area (Å²) in [4.78, 5) is 3.94. The van der Waals surface area contributed by atoms with Gasteiger partial charge in [-0.1, -0.05) is 29.3 Å². The van der Waals surface area contributed by atoms with Crippen LogP contribution in [-0.2, 0) is 6.42 Å². The van der Waals surface area contributed by atoms with E-state index >= 15 is 4.39 Å². The van der Waals surface area contributed by atoms with E-state index in [0.717, 1.165) is 5.56 Å². The van der Waals surface area contributed by atoms with Crippen LogP contribution in [0.25, 0.3) is 11.5 Å². The van der Waals surface area contributed by atoms with Crippen molar-refractivity contribution >= 4 is 28.9 Å². The zero-order chi connectivity index (χ0) is 20.4. The number of hydrogen-bond acceptors (Lipinski definition) is 6. The molecule has 0 spiro atoms. The predicted octanol–water partition coefficient (Wildman–Crippen LogP) is 5.54. The van der Waals surface area contributed by atoms with E-state index in [-0.39, 0.29) is 34.4 Å². The lowest BCUT2D eigenvalue weighted by Crippen LogP contribution is -1.98. The Balaban J connectivity index is 1.61. The molecular formula is C20H13Cl2FN4O2. The lowest BCUT2D eigenvalue weighted by molar-refractivity contribution is 0.437. The Kier molecular flexibility index (Phi) is 5.33. The number of nitrogen functional groups attached to an aromatic ring is 1. The second-order valence-corrected chi connectivity index (χ2v) is 6.93. The van der Waals surface area contributed by atoms with Gasteiger partial charge in [-0.05, 0) is 30.3 Å². The van der Waals surface area contributed by atoms with Crippen LogP contribution in [0.5, 0.6) is 11.5 Å². The minimum atomic E-state index is -0.639. The summed E-state index contributed by atoms with van der Waals surface area (Å²) in [6, 6.07) is 11.1. The van der Waals surface area contributed by atoms with Crippen LogP contribution >= 0.6 is 23.2 Å². The van der Waals surface area contributed by atoms with Crippen molar-refractivity contribution in [1.82, 2.24) is 15.2 Å². The maximum atomic E-state index is 15.1. The minimum absolute atomic E-state index is 0.0646. The molecule has 0 aliphatic carbocycles. The van der Waals surface area contributed by atoms with Gasteiger partial charge < -0.3 is 14.9 Å². The Morgan fingerprint density at radius 3 is 2.59 bits per heavy atom. The lowest BCUT2D eigenvalue weighted by Gasteiger charge is -2.12.